The number of hydrogen-bond donors (Lipinski definition) is 1. The first kappa shape index (κ1) is 13.6. The first-order valence-electron chi connectivity index (χ1n) is 6.68. The Morgan fingerprint density at radius 1 is 1.40 bits per heavy atom. The van der Waals surface area contributed by atoms with Crippen LogP contribution in [0.15, 0.2) is 16.6 Å². The molecule has 1 N–H and O–H groups in total. The minimum Gasteiger partial charge on any atom is -0.493 e. The molecule has 1 aliphatic rings. The molecule has 0 fully saturated rings. The molecule has 0 bridgehead atoms. The number of aryl methyl sites for hydroxylation is 1. The Bertz CT molecular complexity index is 664. The maximum atomic E-state index is 9.39. The fourth-order valence-electron chi connectivity index (χ4n) is 2.74. The smallest absolute Gasteiger partial charge is 0.127 e. The van der Waals surface area contributed by atoms with Crippen LogP contribution in [-0.4, -0.2) is 21.5 Å². The van der Waals surface area contributed by atoms with Gasteiger partial charge in [0, 0.05) is 27.7 Å². The lowest BCUT2D eigenvalue weighted by molar-refractivity contribution is 0.280. The molecule has 0 saturated heterocycles. The van der Waals surface area contributed by atoms with Crippen molar-refractivity contribution in [2.45, 2.75) is 33.4 Å². The van der Waals surface area contributed by atoms with Crippen LogP contribution in [0, 0.1) is 13.8 Å². The van der Waals surface area contributed by atoms with Gasteiger partial charge in [-0.1, -0.05) is 15.9 Å². The van der Waals surface area contributed by atoms with Crippen LogP contribution in [0.4, 0.5) is 0 Å². The normalized spacial score (nSPS) is 13.4. The summed E-state index contributed by atoms with van der Waals surface area (Å²) < 4.78 is 8.75. The van der Waals surface area contributed by atoms with Crippen LogP contribution in [0.2, 0.25) is 0 Å². The summed E-state index contributed by atoms with van der Waals surface area (Å²) in [4.78, 5) is 0. The van der Waals surface area contributed by atoms with Crippen molar-refractivity contribution in [3.63, 3.8) is 0 Å². The minimum atomic E-state index is 0.0325. The van der Waals surface area contributed by atoms with Crippen molar-refractivity contribution in [2.24, 2.45) is 0 Å². The summed E-state index contributed by atoms with van der Waals surface area (Å²) in [6.45, 7) is 5.36. The highest BCUT2D eigenvalue weighted by Gasteiger charge is 2.19. The molecule has 0 atom stereocenters. The highest BCUT2D eigenvalue weighted by molar-refractivity contribution is 9.10. The molecule has 2 aromatic rings. The van der Waals surface area contributed by atoms with E-state index in [1.165, 1.54) is 5.56 Å². The molecule has 0 amide bonds. The average Bonchev–Trinajstić information content (AvgIpc) is 2.95. The lowest BCUT2D eigenvalue weighted by atomic mass is 10.1. The van der Waals surface area contributed by atoms with E-state index in [4.69, 9.17) is 4.74 Å². The quantitative estimate of drug-likeness (QED) is 0.937. The standard InChI is InChI=1S/C15H17BrN2O2/c1-9-14(8-19)10(2)18(17-9)7-12-6-13(16)5-11-3-4-20-15(11)12/h5-6,19H,3-4,7-8H2,1-2H3. The van der Waals surface area contributed by atoms with Gasteiger partial charge in [-0.05, 0) is 31.5 Å². The van der Waals surface area contributed by atoms with Gasteiger partial charge in [0.1, 0.15) is 5.75 Å². The van der Waals surface area contributed by atoms with E-state index in [9.17, 15) is 5.11 Å². The molecule has 0 aliphatic carbocycles. The molecule has 3 rings (SSSR count). The van der Waals surface area contributed by atoms with E-state index < -0.39 is 0 Å². The third-order valence-electron chi connectivity index (χ3n) is 3.83. The predicted octanol–water partition coefficient (Wildman–Crippen LogP) is 2.74. The number of aliphatic hydroxyl groups excluding tert-OH is 1. The summed E-state index contributed by atoms with van der Waals surface area (Å²) in [6.07, 6.45) is 0.959. The number of ether oxygens (including phenoxy) is 1. The van der Waals surface area contributed by atoms with Crippen molar-refractivity contribution < 1.29 is 9.84 Å². The van der Waals surface area contributed by atoms with Gasteiger partial charge in [-0.15, -0.1) is 0 Å². The maximum absolute atomic E-state index is 9.39. The van der Waals surface area contributed by atoms with E-state index in [1.807, 2.05) is 18.5 Å². The molecule has 20 heavy (non-hydrogen) atoms. The maximum Gasteiger partial charge on any atom is 0.127 e. The molecule has 1 aliphatic heterocycles. The third-order valence-corrected chi connectivity index (χ3v) is 4.29. The first-order chi connectivity index (χ1) is 9.60. The lowest BCUT2D eigenvalue weighted by Gasteiger charge is -2.11. The van der Waals surface area contributed by atoms with Crippen molar-refractivity contribution in [2.75, 3.05) is 6.61 Å². The molecule has 0 radical (unpaired) electrons. The van der Waals surface area contributed by atoms with E-state index >= 15 is 0 Å². The molecule has 0 saturated carbocycles. The van der Waals surface area contributed by atoms with Gasteiger partial charge >= 0.3 is 0 Å². The van der Waals surface area contributed by atoms with Crippen LogP contribution in [0.25, 0.3) is 0 Å². The zero-order chi connectivity index (χ0) is 14.3. The second-order valence-corrected chi connectivity index (χ2v) is 6.03. The number of nitrogens with zero attached hydrogens (tertiary/aromatic N) is 2. The van der Waals surface area contributed by atoms with Crippen LogP contribution in [0.5, 0.6) is 5.75 Å². The van der Waals surface area contributed by atoms with Gasteiger partial charge in [0.05, 0.1) is 25.5 Å². The van der Waals surface area contributed by atoms with Crippen molar-refractivity contribution in [1.82, 2.24) is 9.78 Å². The fourth-order valence-corrected chi connectivity index (χ4v) is 3.29. The van der Waals surface area contributed by atoms with Gasteiger partial charge in [-0.2, -0.15) is 5.10 Å². The Morgan fingerprint density at radius 3 is 2.90 bits per heavy atom. The molecular weight excluding hydrogens is 320 g/mol. The van der Waals surface area contributed by atoms with Crippen molar-refractivity contribution in [3.05, 3.63) is 44.7 Å². The Labute approximate surface area is 126 Å². The van der Waals surface area contributed by atoms with Crippen LogP contribution in [0.3, 0.4) is 0 Å². The monoisotopic (exact) mass is 336 g/mol. The summed E-state index contributed by atoms with van der Waals surface area (Å²) in [5.74, 6) is 0.992. The molecule has 5 heteroatoms. The number of halogens is 1. The molecule has 106 valence electrons. The lowest BCUT2D eigenvalue weighted by Crippen LogP contribution is -2.06. The number of aliphatic hydroxyl groups is 1. The zero-order valence-corrected chi connectivity index (χ0v) is 13.2. The topological polar surface area (TPSA) is 47.3 Å². The van der Waals surface area contributed by atoms with E-state index in [0.29, 0.717) is 6.54 Å². The van der Waals surface area contributed by atoms with Gasteiger partial charge in [0.15, 0.2) is 0 Å². The van der Waals surface area contributed by atoms with Gasteiger partial charge in [-0.25, -0.2) is 0 Å². The summed E-state index contributed by atoms with van der Waals surface area (Å²) >= 11 is 3.56. The van der Waals surface area contributed by atoms with Crippen molar-refractivity contribution in [1.29, 1.82) is 0 Å². The fraction of sp³-hybridized carbons (Fsp3) is 0.400. The molecule has 1 aromatic heterocycles. The van der Waals surface area contributed by atoms with Crippen LogP contribution in [0.1, 0.15) is 28.1 Å². The molecule has 1 aromatic carbocycles. The number of hydrogen-bond acceptors (Lipinski definition) is 3. The molecule has 2 heterocycles. The van der Waals surface area contributed by atoms with Gasteiger partial charge in [0.2, 0.25) is 0 Å². The number of aromatic nitrogens is 2. The van der Waals surface area contributed by atoms with Crippen molar-refractivity contribution in [3.8, 4) is 5.75 Å². The molecular formula is C15H17BrN2O2. The third kappa shape index (κ3) is 2.25. The summed E-state index contributed by atoms with van der Waals surface area (Å²) in [6, 6.07) is 4.20. The average molecular weight is 337 g/mol. The number of fused-ring (bicyclic) bond motifs is 1. The summed E-state index contributed by atoms with van der Waals surface area (Å²) in [7, 11) is 0. The number of benzene rings is 1. The number of rotatable bonds is 3. The van der Waals surface area contributed by atoms with E-state index in [0.717, 1.165) is 45.8 Å². The Morgan fingerprint density at radius 2 is 2.20 bits per heavy atom. The Hall–Kier alpha value is -1.33. The molecule has 0 spiro atoms. The zero-order valence-electron chi connectivity index (χ0n) is 11.6. The minimum absolute atomic E-state index is 0.0325. The highest BCUT2D eigenvalue weighted by Crippen LogP contribution is 2.33. The molecule has 0 unspecified atom stereocenters. The molecule has 4 nitrogen and oxygen atoms in total. The van der Waals surface area contributed by atoms with E-state index in [1.54, 1.807) is 0 Å². The summed E-state index contributed by atoms with van der Waals surface area (Å²) in [5.41, 5.74) is 5.19. The van der Waals surface area contributed by atoms with Gasteiger partial charge < -0.3 is 9.84 Å². The largest absolute Gasteiger partial charge is 0.493 e. The Balaban J connectivity index is 2.00. The van der Waals surface area contributed by atoms with Gasteiger partial charge in [-0.3, -0.25) is 4.68 Å². The second kappa shape index (κ2) is 5.22. The van der Waals surface area contributed by atoms with E-state index in [-0.39, 0.29) is 6.61 Å². The highest BCUT2D eigenvalue weighted by atomic mass is 79.9. The SMILES string of the molecule is Cc1nn(Cc2cc(Br)cc3c2OCC3)c(C)c1CO. The van der Waals surface area contributed by atoms with Crippen LogP contribution >= 0.6 is 15.9 Å². The van der Waals surface area contributed by atoms with Crippen molar-refractivity contribution >= 4 is 15.9 Å². The van der Waals surface area contributed by atoms with E-state index in [2.05, 4.69) is 33.2 Å². The Kier molecular flexibility index (Phi) is 3.56. The van der Waals surface area contributed by atoms with Crippen LogP contribution < -0.4 is 4.74 Å². The van der Waals surface area contributed by atoms with Gasteiger partial charge in [0.25, 0.3) is 0 Å². The first-order valence-corrected chi connectivity index (χ1v) is 7.47. The summed E-state index contributed by atoms with van der Waals surface area (Å²) in [5, 5.41) is 13.9. The second-order valence-electron chi connectivity index (χ2n) is 5.12. The predicted molar refractivity (Wildman–Crippen MR) is 80.1 cm³/mol. The van der Waals surface area contributed by atoms with Crippen LogP contribution in [-0.2, 0) is 19.6 Å².